The van der Waals surface area contributed by atoms with Crippen LogP contribution in [0.25, 0.3) is 22.2 Å². The van der Waals surface area contributed by atoms with Crippen LogP contribution in [0.5, 0.6) is 0 Å². The molecule has 0 bridgehead atoms. The third-order valence-corrected chi connectivity index (χ3v) is 4.77. The van der Waals surface area contributed by atoms with Crippen molar-refractivity contribution in [1.82, 2.24) is 20.1 Å². The molecule has 7 heteroatoms. The van der Waals surface area contributed by atoms with Crippen molar-refractivity contribution < 1.29 is 9.18 Å². The zero-order chi connectivity index (χ0) is 20.5. The topological polar surface area (TPSA) is 79.8 Å². The first kappa shape index (κ1) is 18.6. The first-order valence-electron chi connectivity index (χ1n) is 9.11. The van der Waals surface area contributed by atoms with Gasteiger partial charge in [0.15, 0.2) is 5.69 Å². The highest BCUT2D eigenvalue weighted by Crippen LogP contribution is 2.20. The molecule has 0 atom stereocenters. The van der Waals surface area contributed by atoms with Crippen LogP contribution >= 0.6 is 0 Å². The Morgan fingerprint density at radius 3 is 2.66 bits per heavy atom. The van der Waals surface area contributed by atoms with Gasteiger partial charge in [-0.05, 0) is 66.4 Å². The van der Waals surface area contributed by atoms with E-state index in [4.69, 9.17) is 0 Å². The molecular weight excluding hydrogens is 371 g/mol. The summed E-state index contributed by atoms with van der Waals surface area (Å²) >= 11 is 0. The van der Waals surface area contributed by atoms with Gasteiger partial charge in [-0.15, -0.1) is 0 Å². The lowest BCUT2D eigenvalue weighted by molar-refractivity contribution is 0.0945. The van der Waals surface area contributed by atoms with Crippen LogP contribution < -0.4 is 10.9 Å². The molecule has 0 radical (unpaired) electrons. The number of nitrogens with one attached hydrogen (secondary N) is 2. The first-order chi connectivity index (χ1) is 13.9. The summed E-state index contributed by atoms with van der Waals surface area (Å²) in [7, 11) is 1.71. The summed E-state index contributed by atoms with van der Waals surface area (Å²) in [5.41, 5.74) is 3.72. The van der Waals surface area contributed by atoms with Crippen LogP contribution in [0.1, 0.15) is 21.6 Å². The van der Waals surface area contributed by atoms with Gasteiger partial charge in [-0.1, -0.05) is 11.6 Å². The first-order valence-corrected chi connectivity index (χ1v) is 9.11. The number of carbonyl (C=O) groups is 1. The van der Waals surface area contributed by atoms with E-state index in [9.17, 15) is 14.0 Å². The number of nitrogens with zero attached hydrogens (tertiary/aromatic N) is 2. The van der Waals surface area contributed by atoms with Crippen molar-refractivity contribution in [3.05, 3.63) is 87.6 Å². The zero-order valence-electron chi connectivity index (χ0n) is 16.0. The smallest absolute Gasteiger partial charge is 0.272 e. The van der Waals surface area contributed by atoms with Crippen LogP contribution in [0, 0.1) is 12.7 Å². The van der Waals surface area contributed by atoms with Crippen molar-refractivity contribution in [2.45, 2.75) is 13.5 Å². The number of hydrogen-bond donors (Lipinski definition) is 2. The van der Waals surface area contributed by atoms with Gasteiger partial charge in [-0.25, -0.2) is 4.39 Å². The molecule has 0 saturated heterocycles. The number of aromatic amines is 1. The summed E-state index contributed by atoms with van der Waals surface area (Å²) in [6, 6.07) is 15.2. The average Bonchev–Trinajstić information content (AvgIpc) is 3.09. The lowest BCUT2D eigenvalue weighted by atomic mass is 10.1. The minimum absolute atomic E-state index is 0.0838. The number of carbonyl (C=O) groups excluding carboxylic acids is 1. The lowest BCUT2D eigenvalue weighted by Crippen LogP contribution is -2.27. The van der Waals surface area contributed by atoms with Crippen LogP contribution in [-0.2, 0) is 13.6 Å². The van der Waals surface area contributed by atoms with Gasteiger partial charge >= 0.3 is 0 Å². The molecule has 0 aliphatic rings. The minimum Gasteiger partial charge on any atom is -0.346 e. The van der Waals surface area contributed by atoms with E-state index in [1.165, 1.54) is 12.1 Å². The number of aryl methyl sites for hydroxylation is 2. The SMILES string of the molecule is Cc1ccc2[nH]c(=O)c(CNC(=O)c3cc(-c4ccc(F)cc4)n(C)n3)cc2c1. The second-order valence-electron chi connectivity index (χ2n) is 6.94. The van der Waals surface area contributed by atoms with E-state index in [1.54, 1.807) is 36.0 Å². The molecule has 2 N–H and O–H groups in total. The van der Waals surface area contributed by atoms with E-state index in [0.29, 0.717) is 11.3 Å². The van der Waals surface area contributed by atoms with Crippen LogP contribution in [0.3, 0.4) is 0 Å². The highest BCUT2D eigenvalue weighted by atomic mass is 19.1. The standard InChI is InChI=1S/C22H19FN4O2/c1-13-3-8-18-15(9-13)10-16(21(28)25-18)12-24-22(29)19-11-20(27(2)26-19)14-4-6-17(23)7-5-14/h3-11H,12H2,1-2H3,(H,24,29)(H,25,28). The average molecular weight is 390 g/mol. The number of fused-ring (bicyclic) bond motifs is 1. The molecule has 0 aliphatic heterocycles. The quantitative estimate of drug-likeness (QED) is 0.561. The predicted octanol–water partition coefficient (Wildman–Crippen LogP) is 3.31. The van der Waals surface area contributed by atoms with Crippen LogP contribution in [0.15, 0.2) is 59.4 Å². The molecule has 146 valence electrons. The summed E-state index contributed by atoms with van der Waals surface area (Å²) in [5, 5.41) is 7.88. The third-order valence-electron chi connectivity index (χ3n) is 4.77. The number of halogens is 1. The molecule has 0 saturated carbocycles. The highest BCUT2D eigenvalue weighted by molar-refractivity contribution is 5.93. The molecule has 2 heterocycles. The third kappa shape index (κ3) is 3.80. The number of H-pyrrole nitrogens is 1. The number of hydrogen-bond acceptors (Lipinski definition) is 3. The minimum atomic E-state index is -0.391. The van der Waals surface area contributed by atoms with Crippen LogP contribution in [0.2, 0.25) is 0 Å². The van der Waals surface area contributed by atoms with Crippen molar-refractivity contribution in [3.8, 4) is 11.3 Å². The largest absolute Gasteiger partial charge is 0.346 e. The van der Waals surface area contributed by atoms with E-state index in [2.05, 4.69) is 15.4 Å². The van der Waals surface area contributed by atoms with E-state index < -0.39 is 5.91 Å². The van der Waals surface area contributed by atoms with Gasteiger partial charge in [0.25, 0.3) is 11.5 Å². The molecule has 29 heavy (non-hydrogen) atoms. The molecule has 4 aromatic rings. The number of benzene rings is 2. The fraction of sp³-hybridized carbons (Fsp3) is 0.136. The Morgan fingerprint density at radius 1 is 1.14 bits per heavy atom. The number of aromatic nitrogens is 3. The molecule has 0 spiro atoms. The van der Waals surface area contributed by atoms with Gasteiger partial charge in [0.05, 0.1) is 5.69 Å². The number of pyridine rings is 1. The van der Waals surface area contributed by atoms with Crippen LogP contribution in [-0.4, -0.2) is 20.7 Å². The molecule has 0 unspecified atom stereocenters. The number of rotatable bonds is 4. The summed E-state index contributed by atoms with van der Waals surface area (Å²) in [4.78, 5) is 27.7. The Morgan fingerprint density at radius 2 is 1.90 bits per heavy atom. The van der Waals surface area contributed by atoms with Crippen molar-refractivity contribution in [2.24, 2.45) is 7.05 Å². The predicted molar refractivity (Wildman–Crippen MR) is 109 cm³/mol. The molecule has 2 aromatic heterocycles. The zero-order valence-corrected chi connectivity index (χ0v) is 16.0. The molecule has 0 aliphatic carbocycles. The Hall–Kier alpha value is -3.74. The van der Waals surface area contributed by atoms with E-state index in [0.717, 1.165) is 22.0 Å². The summed E-state index contributed by atoms with van der Waals surface area (Å²) in [5.74, 6) is -0.720. The fourth-order valence-electron chi connectivity index (χ4n) is 3.24. The van der Waals surface area contributed by atoms with Crippen molar-refractivity contribution in [1.29, 1.82) is 0 Å². The molecule has 0 fully saturated rings. The Kier molecular flexibility index (Phi) is 4.72. The second kappa shape index (κ2) is 7.35. The van der Waals surface area contributed by atoms with Gasteiger partial charge in [-0.2, -0.15) is 5.10 Å². The van der Waals surface area contributed by atoms with Gasteiger partial charge < -0.3 is 10.3 Å². The maximum atomic E-state index is 13.1. The van der Waals surface area contributed by atoms with Gasteiger partial charge in [0, 0.05) is 24.7 Å². The lowest BCUT2D eigenvalue weighted by Gasteiger charge is -2.05. The molecule has 1 amide bonds. The Bertz CT molecular complexity index is 1270. The summed E-state index contributed by atoms with van der Waals surface area (Å²) in [6.07, 6.45) is 0. The van der Waals surface area contributed by atoms with Gasteiger partial charge in [-0.3, -0.25) is 14.3 Å². The van der Waals surface area contributed by atoms with Gasteiger partial charge in [0.2, 0.25) is 0 Å². The molecule has 4 rings (SSSR count). The highest BCUT2D eigenvalue weighted by Gasteiger charge is 2.14. The number of amides is 1. The van der Waals surface area contributed by atoms with Crippen molar-refractivity contribution >= 4 is 16.8 Å². The van der Waals surface area contributed by atoms with E-state index >= 15 is 0 Å². The van der Waals surface area contributed by atoms with Crippen LogP contribution in [0.4, 0.5) is 4.39 Å². The second-order valence-corrected chi connectivity index (χ2v) is 6.94. The monoisotopic (exact) mass is 390 g/mol. The maximum absolute atomic E-state index is 13.1. The molecule has 6 nitrogen and oxygen atoms in total. The van der Waals surface area contributed by atoms with E-state index in [-0.39, 0.29) is 23.6 Å². The fourth-order valence-corrected chi connectivity index (χ4v) is 3.24. The Balaban J connectivity index is 1.54. The maximum Gasteiger partial charge on any atom is 0.272 e. The summed E-state index contributed by atoms with van der Waals surface area (Å²) in [6.45, 7) is 2.06. The summed E-state index contributed by atoms with van der Waals surface area (Å²) < 4.78 is 14.7. The Labute approximate surface area is 166 Å². The van der Waals surface area contributed by atoms with Gasteiger partial charge in [0.1, 0.15) is 5.82 Å². The normalized spacial score (nSPS) is 11.0. The van der Waals surface area contributed by atoms with E-state index in [1.807, 2.05) is 25.1 Å². The molecular formula is C22H19FN4O2. The molecule has 2 aromatic carbocycles. The van der Waals surface area contributed by atoms with Crippen molar-refractivity contribution in [3.63, 3.8) is 0 Å². The van der Waals surface area contributed by atoms with Crippen molar-refractivity contribution in [2.75, 3.05) is 0 Å².